The Labute approximate surface area is 203 Å². The van der Waals surface area contributed by atoms with Crippen LogP contribution in [0.2, 0.25) is 0 Å². The highest BCUT2D eigenvalue weighted by atomic mass is 32.1. The number of fused-ring (bicyclic) bond motifs is 3. The van der Waals surface area contributed by atoms with Gasteiger partial charge in [0.05, 0.1) is 13.1 Å². The number of ether oxygens (including phenoxy) is 2. The molecule has 6 rings (SSSR count). The van der Waals surface area contributed by atoms with Crippen LogP contribution in [-0.2, 0) is 11.3 Å². The Kier molecular flexibility index (Phi) is 6.83. The number of carbonyl (C=O) groups is 1. The number of para-hydroxylation sites is 1. The van der Waals surface area contributed by atoms with Crippen molar-refractivity contribution in [3.8, 4) is 16.2 Å². The SMILES string of the molecule is O=C(NCc1ccsc1-c1cccc(F)c1)OC1C[N+]2(CCOc3ccccc3)CCC1CC2. The standard InChI is InChI=1S/C27H29FN2O3S/c28-23-6-4-5-21(17-23)26-22(11-16-34-26)18-29-27(31)33-25-19-30(12-9-20(25)10-13-30)14-15-32-24-7-2-1-3-8-24/h1-8,11,16-17,20,25H,9-10,12-15,18-19H2/p+1. The van der Waals surface area contributed by atoms with Gasteiger partial charge in [-0.3, -0.25) is 0 Å². The van der Waals surface area contributed by atoms with Gasteiger partial charge in [-0.15, -0.1) is 11.3 Å². The van der Waals surface area contributed by atoms with Crippen LogP contribution in [0.1, 0.15) is 18.4 Å². The van der Waals surface area contributed by atoms with Crippen molar-refractivity contribution < 1.29 is 23.1 Å². The largest absolute Gasteiger partial charge is 0.488 e. The number of carbonyl (C=O) groups excluding carboxylic acids is 1. The topological polar surface area (TPSA) is 47.6 Å². The Morgan fingerprint density at radius 3 is 2.71 bits per heavy atom. The van der Waals surface area contributed by atoms with Crippen molar-refractivity contribution in [2.24, 2.45) is 5.92 Å². The lowest BCUT2D eigenvalue weighted by atomic mass is 9.83. The Bertz CT molecular complexity index is 1110. The number of thiophene rings is 1. The molecule has 0 radical (unpaired) electrons. The molecule has 0 saturated carbocycles. The number of benzene rings is 2. The minimum Gasteiger partial charge on any atom is -0.488 e. The van der Waals surface area contributed by atoms with E-state index in [0.717, 1.165) is 65.3 Å². The Hall–Kier alpha value is -2.90. The number of quaternary nitrogens is 1. The molecule has 178 valence electrons. The summed E-state index contributed by atoms with van der Waals surface area (Å²) in [4.78, 5) is 13.6. The zero-order chi connectivity index (χ0) is 23.4. The average molecular weight is 482 g/mol. The van der Waals surface area contributed by atoms with Gasteiger partial charge >= 0.3 is 6.09 Å². The van der Waals surface area contributed by atoms with Crippen molar-refractivity contribution in [2.75, 3.05) is 32.8 Å². The van der Waals surface area contributed by atoms with Crippen LogP contribution in [-0.4, -0.2) is 49.5 Å². The summed E-state index contributed by atoms with van der Waals surface area (Å²) in [7, 11) is 0. The first-order chi connectivity index (χ1) is 16.6. The highest BCUT2D eigenvalue weighted by Gasteiger charge is 2.47. The van der Waals surface area contributed by atoms with Crippen molar-refractivity contribution in [2.45, 2.75) is 25.5 Å². The van der Waals surface area contributed by atoms with Crippen LogP contribution in [0.15, 0.2) is 66.0 Å². The van der Waals surface area contributed by atoms with Gasteiger partial charge in [0.2, 0.25) is 0 Å². The monoisotopic (exact) mass is 481 g/mol. The van der Waals surface area contributed by atoms with E-state index in [2.05, 4.69) is 5.32 Å². The lowest BCUT2D eigenvalue weighted by molar-refractivity contribution is -0.946. The lowest BCUT2D eigenvalue weighted by Crippen LogP contribution is -2.65. The van der Waals surface area contributed by atoms with E-state index in [-0.39, 0.29) is 18.0 Å². The molecule has 4 heterocycles. The molecule has 2 aromatic carbocycles. The molecule has 2 bridgehead atoms. The van der Waals surface area contributed by atoms with Crippen molar-refractivity contribution in [1.29, 1.82) is 0 Å². The fourth-order valence-electron chi connectivity index (χ4n) is 5.25. The molecule has 34 heavy (non-hydrogen) atoms. The number of alkyl carbamates (subject to hydrolysis) is 1. The predicted octanol–water partition coefficient (Wildman–Crippen LogP) is 5.47. The van der Waals surface area contributed by atoms with E-state index in [1.807, 2.05) is 47.8 Å². The minimum absolute atomic E-state index is 0.0654. The first-order valence-corrected chi connectivity index (χ1v) is 12.8. The maximum Gasteiger partial charge on any atom is 0.407 e. The summed E-state index contributed by atoms with van der Waals surface area (Å²) in [5.74, 6) is 1.06. The third kappa shape index (κ3) is 5.26. The summed E-state index contributed by atoms with van der Waals surface area (Å²) in [6.45, 7) is 5.04. The number of piperidine rings is 3. The van der Waals surface area contributed by atoms with Crippen molar-refractivity contribution >= 4 is 17.4 Å². The van der Waals surface area contributed by atoms with Crippen LogP contribution in [0.4, 0.5) is 9.18 Å². The Morgan fingerprint density at radius 1 is 1.09 bits per heavy atom. The summed E-state index contributed by atoms with van der Waals surface area (Å²) in [5.41, 5.74) is 1.78. The van der Waals surface area contributed by atoms with Gasteiger partial charge in [-0.05, 0) is 46.8 Å². The molecule has 1 N–H and O–H groups in total. The zero-order valence-corrected chi connectivity index (χ0v) is 19.9. The zero-order valence-electron chi connectivity index (χ0n) is 19.1. The van der Waals surface area contributed by atoms with Gasteiger partial charge < -0.3 is 19.3 Å². The molecule has 1 atom stereocenters. The first kappa shape index (κ1) is 22.9. The summed E-state index contributed by atoms with van der Waals surface area (Å²) in [5, 5.41) is 4.87. The third-order valence-electron chi connectivity index (χ3n) is 7.13. The number of amides is 1. The Morgan fingerprint density at radius 2 is 1.91 bits per heavy atom. The van der Waals surface area contributed by atoms with Gasteiger partial charge in [0.15, 0.2) is 6.10 Å². The molecule has 1 unspecified atom stereocenters. The molecule has 3 aromatic rings. The quantitative estimate of drug-likeness (QED) is 0.434. The van der Waals surface area contributed by atoms with E-state index in [9.17, 15) is 9.18 Å². The van der Waals surface area contributed by atoms with Crippen LogP contribution in [0.3, 0.4) is 0 Å². The Balaban J connectivity index is 1.14. The van der Waals surface area contributed by atoms with Gasteiger partial charge in [0, 0.05) is 30.2 Å². The van der Waals surface area contributed by atoms with Crippen LogP contribution in [0.5, 0.6) is 5.75 Å². The molecule has 1 aromatic heterocycles. The van der Waals surface area contributed by atoms with Crippen LogP contribution in [0.25, 0.3) is 10.4 Å². The number of nitrogens with one attached hydrogen (secondary N) is 1. The average Bonchev–Trinajstić information content (AvgIpc) is 3.33. The molecule has 3 aliphatic rings. The molecule has 3 aliphatic heterocycles. The number of rotatable bonds is 8. The van der Waals surface area contributed by atoms with Crippen LogP contribution in [0, 0.1) is 11.7 Å². The van der Waals surface area contributed by atoms with Crippen molar-refractivity contribution in [3.63, 3.8) is 0 Å². The third-order valence-corrected chi connectivity index (χ3v) is 8.14. The van der Waals surface area contributed by atoms with Gasteiger partial charge in [0.1, 0.15) is 31.3 Å². The summed E-state index contributed by atoms with van der Waals surface area (Å²) in [6, 6.07) is 18.4. The van der Waals surface area contributed by atoms with E-state index in [1.54, 1.807) is 17.4 Å². The number of nitrogens with zero attached hydrogens (tertiary/aromatic N) is 1. The highest BCUT2D eigenvalue weighted by molar-refractivity contribution is 7.13. The molecule has 3 saturated heterocycles. The van der Waals surface area contributed by atoms with E-state index in [1.165, 1.54) is 12.1 Å². The predicted molar refractivity (Wildman–Crippen MR) is 131 cm³/mol. The second-order valence-corrected chi connectivity index (χ2v) is 10.2. The molecular weight excluding hydrogens is 451 g/mol. The second-order valence-electron chi connectivity index (χ2n) is 9.28. The van der Waals surface area contributed by atoms with Gasteiger partial charge in [-0.1, -0.05) is 30.3 Å². The van der Waals surface area contributed by atoms with Crippen LogP contribution >= 0.6 is 11.3 Å². The van der Waals surface area contributed by atoms with Gasteiger partial charge in [-0.2, -0.15) is 0 Å². The molecule has 0 aliphatic carbocycles. The summed E-state index contributed by atoms with van der Waals surface area (Å²) in [6.07, 6.45) is 1.72. The number of hydrogen-bond donors (Lipinski definition) is 1. The molecular formula is C27H30FN2O3S+. The second kappa shape index (κ2) is 10.2. The molecule has 3 fully saturated rings. The van der Waals surface area contributed by atoms with Crippen molar-refractivity contribution in [1.82, 2.24) is 5.32 Å². The highest BCUT2D eigenvalue weighted by Crippen LogP contribution is 2.35. The fourth-order valence-corrected chi connectivity index (χ4v) is 6.17. The van der Waals surface area contributed by atoms with E-state index in [4.69, 9.17) is 9.47 Å². The van der Waals surface area contributed by atoms with Crippen LogP contribution < -0.4 is 10.1 Å². The van der Waals surface area contributed by atoms with Crippen molar-refractivity contribution in [3.05, 3.63) is 77.4 Å². The van der Waals surface area contributed by atoms with Gasteiger partial charge in [0.25, 0.3) is 0 Å². The first-order valence-electron chi connectivity index (χ1n) is 11.9. The lowest BCUT2D eigenvalue weighted by Gasteiger charge is -2.51. The minimum atomic E-state index is -0.381. The fraction of sp³-hybridized carbons (Fsp3) is 0.370. The van der Waals surface area contributed by atoms with Gasteiger partial charge in [-0.25, -0.2) is 9.18 Å². The van der Waals surface area contributed by atoms with E-state index >= 15 is 0 Å². The smallest absolute Gasteiger partial charge is 0.407 e. The number of hydrogen-bond acceptors (Lipinski definition) is 4. The maximum atomic E-state index is 13.6. The summed E-state index contributed by atoms with van der Waals surface area (Å²) >= 11 is 1.54. The molecule has 7 heteroatoms. The molecule has 1 amide bonds. The van der Waals surface area contributed by atoms with E-state index in [0.29, 0.717) is 19.1 Å². The molecule has 0 spiro atoms. The van der Waals surface area contributed by atoms with E-state index < -0.39 is 0 Å². The number of halogens is 1. The molecule has 5 nitrogen and oxygen atoms in total. The summed E-state index contributed by atoms with van der Waals surface area (Å²) < 4.78 is 26.5. The normalized spacial score (nSPS) is 23.4. The maximum absolute atomic E-state index is 13.6.